The highest BCUT2D eigenvalue weighted by molar-refractivity contribution is 5.90. The van der Waals surface area contributed by atoms with E-state index in [0.717, 1.165) is 4.90 Å². The van der Waals surface area contributed by atoms with Crippen LogP contribution in [-0.4, -0.2) is 73.5 Å². The number of methoxy groups -OCH3 is 1. The molecule has 1 fully saturated rings. The van der Waals surface area contributed by atoms with E-state index < -0.39 is 43.2 Å². The predicted octanol–water partition coefficient (Wildman–Crippen LogP) is 4.14. The van der Waals surface area contributed by atoms with Crippen molar-refractivity contribution < 1.29 is 31.5 Å². The molecule has 14 heteroatoms. The van der Waals surface area contributed by atoms with E-state index in [2.05, 4.69) is 20.4 Å². The van der Waals surface area contributed by atoms with Crippen LogP contribution in [0.1, 0.15) is 19.2 Å². The van der Waals surface area contributed by atoms with Crippen LogP contribution in [0.5, 0.6) is 5.88 Å². The second kappa shape index (κ2) is 9.40. The van der Waals surface area contributed by atoms with Crippen LogP contribution in [0.15, 0.2) is 24.4 Å². The van der Waals surface area contributed by atoms with Crippen LogP contribution < -0.4 is 10.1 Å². The van der Waals surface area contributed by atoms with Gasteiger partial charge in [0.1, 0.15) is 16.9 Å². The van der Waals surface area contributed by atoms with Crippen LogP contribution in [0.3, 0.4) is 0 Å². The van der Waals surface area contributed by atoms with E-state index in [1.807, 2.05) is 0 Å². The van der Waals surface area contributed by atoms with Gasteiger partial charge in [0.15, 0.2) is 5.82 Å². The molecule has 4 aromatic rings. The summed E-state index contributed by atoms with van der Waals surface area (Å²) in [6.45, 7) is 1.56. The van der Waals surface area contributed by atoms with Crippen LogP contribution in [0, 0.1) is 12.7 Å². The van der Waals surface area contributed by atoms with Crippen molar-refractivity contribution >= 4 is 28.4 Å². The molecule has 0 saturated carbocycles. The Morgan fingerprint density at radius 3 is 2.71 bits per heavy atom. The monoisotopic (exact) mass is 537 g/mol. The Morgan fingerprint density at radius 2 is 2.05 bits per heavy atom. The second-order valence-corrected chi connectivity index (χ2v) is 9.14. The summed E-state index contributed by atoms with van der Waals surface area (Å²) in [4.78, 5) is 20.9. The van der Waals surface area contributed by atoms with Crippen LogP contribution in [0.4, 0.5) is 27.9 Å². The van der Waals surface area contributed by atoms with E-state index in [9.17, 15) is 26.7 Å². The summed E-state index contributed by atoms with van der Waals surface area (Å²) in [5.41, 5.74) is 1.29. The Morgan fingerprint density at radius 1 is 1.29 bits per heavy atom. The van der Waals surface area contributed by atoms with Gasteiger partial charge in [-0.1, -0.05) is 0 Å². The normalized spacial score (nSPS) is 17.5. The van der Waals surface area contributed by atoms with Crippen molar-refractivity contribution in [2.45, 2.75) is 45.2 Å². The number of piperidine rings is 1. The van der Waals surface area contributed by atoms with Crippen LogP contribution >= 0.6 is 0 Å². The number of halogens is 5. The summed E-state index contributed by atoms with van der Waals surface area (Å²) in [5.74, 6) is -4.17. The topological polar surface area (TPSA) is 89.6 Å². The largest absolute Gasteiger partial charge is 0.479 e. The molecule has 3 aromatic heterocycles. The van der Waals surface area contributed by atoms with E-state index in [1.54, 1.807) is 12.1 Å². The van der Waals surface area contributed by atoms with Gasteiger partial charge in [0, 0.05) is 25.2 Å². The van der Waals surface area contributed by atoms with E-state index in [-0.39, 0.29) is 41.7 Å². The van der Waals surface area contributed by atoms with Gasteiger partial charge < -0.3 is 19.5 Å². The van der Waals surface area contributed by atoms with Gasteiger partial charge in [-0.15, -0.1) is 5.10 Å². The molecule has 9 nitrogen and oxygen atoms in total. The fourth-order valence-electron chi connectivity index (χ4n) is 4.79. The number of fused-ring (bicyclic) bond motifs is 2. The number of anilines is 1. The number of imidazole rings is 1. The Hall–Kier alpha value is -3.97. The first-order valence-electron chi connectivity index (χ1n) is 11.8. The summed E-state index contributed by atoms with van der Waals surface area (Å²) in [6, 6.07) is 3.07. The summed E-state index contributed by atoms with van der Waals surface area (Å²) in [7, 11) is 1.34. The van der Waals surface area contributed by atoms with Gasteiger partial charge in [-0.25, -0.2) is 31.5 Å². The quantitative estimate of drug-likeness (QED) is 0.372. The van der Waals surface area contributed by atoms with Crippen LogP contribution in [0.2, 0.25) is 0 Å². The predicted molar refractivity (Wildman–Crippen MR) is 128 cm³/mol. The molecule has 1 saturated heterocycles. The average Bonchev–Trinajstić information content (AvgIpc) is 3.41. The van der Waals surface area contributed by atoms with Gasteiger partial charge in [-0.2, -0.15) is 4.98 Å². The zero-order chi connectivity index (χ0) is 27.4. The van der Waals surface area contributed by atoms with Gasteiger partial charge in [0.05, 0.1) is 31.8 Å². The number of hydrogen-bond donors (Lipinski definition) is 1. The van der Waals surface area contributed by atoms with Crippen LogP contribution in [-0.2, 0) is 11.3 Å². The van der Waals surface area contributed by atoms with Crippen molar-refractivity contribution in [1.29, 1.82) is 0 Å². The smallest absolute Gasteiger partial charge is 0.285 e. The number of rotatable bonds is 6. The molecule has 202 valence electrons. The van der Waals surface area contributed by atoms with Crippen molar-refractivity contribution in [2.24, 2.45) is 0 Å². The van der Waals surface area contributed by atoms with E-state index in [4.69, 9.17) is 4.74 Å². The molecule has 1 aliphatic heterocycles. The number of hydrogen-bond acceptors (Lipinski definition) is 6. The molecule has 1 amide bonds. The van der Waals surface area contributed by atoms with Gasteiger partial charge in [-0.05, 0) is 37.1 Å². The van der Waals surface area contributed by atoms with E-state index >= 15 is 0 Å². The fourth-order valence-corrected chi connectivity index (χ4v) is 4.79. The fraction of sp³-hybridized carbons (Fsp3) is 0.417. The number of carbonyl (C=O) groups is 1. The molecule has 4 heterocycles. The molecule has 0 spiro atoms. The lowest BCUT2D eigenvalue weighted by atomic mass is 10.0. The number of benzene rings is 1. The highest BCUT2D eigenvalue weighted by atomic mass is 19.3. The molecule has 38 heavy (non-hydrogen) atoms. The van der Waals surface area contributed by atoms with Crippen molar-refractivity contribution in [1.82, 2.24) is 29.0 Å². The van der Waals surface area contributed by atoms with Crippen molar-refractivity contribution in [3.63, 3.8) is 0 Å². The zero-order valence-corrected chi connectivity index (χ0v) is 20.7. The summed E-state index contributed by atoms with van der Waals surface area (Å²) >= 11 is 0. The third kappa shape index (κ3) is 4.47. The number of aryl methyl sites for hydroxylation is 1. The van der Waals surface area contributed by atoms with Gasteiger partial charge >= 0.3 is 0 Å². The lowest BCUT2D eigenvalue weighted by Gasteiger charge is -2.38. The van der Waals surface area contributed by atoms with Crippen LogP contribution in [0.25, 0.3) is 27.7 Å². The molecule has 0 radical (unpaired) electrons. The van der Waals surface area contributed by atoms with Crippen molar-refractivity contribution in [2.75, 3.05) is 25.5 Å². The summed E-state index contributed by atoms with van der Waals surface area (Å²) in [6.07, 6.45) is -1.15. The SMILES string of the molecule is COc1nc(N[C@@H]2CCN(C(C)=O)CC2(F)F)nn2ccc(-c3cc(F)c4nc(C)n(CC(F)F)c4c3)c12. The highest BCUT2D eigenvalue weighted by Gasteiger charge is 2.45. The lowest BCUT2D eigenvalue weighted by Crippen LogP contribution is -2.55. The minimum Gasteiger partial charge on any atom is -0.479 e. The third-order valence-electron chi connectivity index (χ3n) is 6.65. The molecular weight excluding hydrogens is 513 g/mol. The molecule has 0 bridgehead atoms. The number of carbonyl (C=O) groups excluding carboxylic acids is 1. The van der Waals surface area contributed by atoms with E-state index in [1.165, 1.54) is 42.3 Å². The molecule has 1 atom stereocenters. The number of amides is 1. The minimum absolute atomic E-state index is 0.0156. The average molecular weight is 537 g/mol. The first-order valence-corrected chi connectivity index (χ1v) is 11.8. The number of ether oxygens (including phenoxy) is 1. The Kier molecular flexibility index (Phi) is 6.35. The minimum atomic E-state index is -3.22. The van der Waals surface area contributed by atoms with Gasteiger partial charge in [-0.3, -0.25) is 4.79 Å². The Labute approximate surface area is 213 Å². The maximum absolute atomic E-state index is 15.0. The standard InChI is InChI=1S/C24H24F5N7O2/c1-12-30-20-16(25)8-14(9-17(20)35(12)10-19(26)27)15-4-7-36-21(15)22(38-3)32-23(33-36)31-18-5-6-34(13(2)37)11-24(18,28)29/h4,7-9,18-19H,5-6,10-11H2,1-3H3,(H,31,33)/t18-/m1/s1. The molecule has 1 aromatic carbocycles. The number of alkyl halides is 4. The summed E-state index contributed by atoms with van der Waals surface area (Å²) in [5, 5.41) is 6.93. The lowest BCUT2D eigenvalue weighted by molar-refractivity contribution is -0.140. The summed E-state index contributed by atoms with van der Waals surface area (Å²) < 4.78 is 78.8. The highest BCUT2D eigenvalue weighted by Crippen LogP contribution is 2.35. The number of nitrogens with zero attached hydrogens (tertiary/aromatic N) is 6. The zero-order valence-electron chi connectivity index (χ0n) is 20.7. The van der Waals surface area contributed by atoms with Gasteiger partial charge in [0.2, 0.25) is 17.7 Å². The number of aromatic nitrogens is 5. The second-order valence-electron chi connectivity index (χ2n) is 9.14. The molecule has 5 rings (SSSR count). The molecule has 1 aliphatic rings. The maximum atomic E-state index is 15.0. The Bertz CT molecular complexity index is 1530. The number of likely N-dealkylation sites (tertiary alicyclic amines) is 1. The first-order chi connectivity index (χ1) is 18.0. The molecule has 1 N–H and O–H groups in total. The van der Waals surface area contributed by atoms with Crippen molar-refractivity contribution in [3.8, 4) is 17.0 Å². The number of nitrogens with one attached hydrogen (secondary N) is 1. The first kappa shape index (κ1) is 25.7. The third-order valence-corrected chi connectivity index (χ3v) is 6.65. The molecular formula is C24H24F5N7O2. The van der Waals surface area contributed by atoms with E-state index in [0.29, 0.717) is 16.6 Å². The molecule has 0 unspecified atom stereocenters. The molecule has 0 aliphatic carbocycles. The maximum Gasteiger partial charge on any atom is 0.285 e. The van der Waals surface area contributed by atoms with Gasteiger partial charge in [0.25, 0.3) is 12.3 Å². The Balaban J connectivity index is 1.53. The van der Waals surface area contributed by atoms with Crippen molar-refractivity contribution in [3.05, 3.63) is 36.0 Å².